The fourth-order valence-corrected chi connectivity index (χ4v) is 4.23. The van der Waals surface area contributed by atoms with Crippen LogP contribution in [-0.2, 0) is 19.4 Å². The molecule has 0 unspecified atom stereocenters. The van der Waals surface area contributed by atoms with E-state index in [4.69, 9.17) is 40.5 Å². The van der Waals surface area contributed by atoms with Gasteiger partial charge in [-0.05, 0) is 44.2 Å². The van der Waals surface area contributed by atoms with E-state index in [-0.39, 0.29) is 15.8 Å². The number of hydrogen-bond donors (Lipinski definition) is 2. The van der Waals surface area contributed by atoms with E-state index in [0.717, 1.165) is 43.5 Å². The molecule has 0 radical (unpaired) electrons. The number of anilines is 1. The summed E-state index contributed by atoms with van der Waals surface area (Å²) in [6.45, 7) is 0.600. The number of imidazole rings is 1. The quantitative estimate of drug-likeness (QED) is 0.298. The number of unbranched alkanes of at least 4 members (excludes halogenated alkanes) is 2. The number of nitrogens with two attached hydrogens (primary N) is 1. The van der Waals surface area contributed by atoms with Crippen molar-refractivity contribution in [3.8, 4) is 0 Å². The molecule has 7 nitrogen and oxygen atoms in total. The van der Waals surface area contributed by atoms with E-state index in [2.05, 4.69) is 20.3 Å². The van der Waals surface area contributed by atoms with E-state index in [0.29, 0.717) is 35.9 Å². The SMILES string of the molecule is Nc1ncc(CCCCCc2cn(CCCC(=O)c3c(Cl)cc(Cl)cc3Cl)nn2)[nH]1. The predicted octanol–water partition coefficient (Wildman–Crippen LogP) is 5.16. The number of aromatic nitrogens is 5. The van der Waals surface area contributed by atoms with Crippen LogP contribution in [0.3, 0.4) is 0 Å². The molecule has 0 fully saturated rings. The number of aryl methyl sites for hydroxylation is 3. The Balaban J connectivity index is 1.37. The molecular weight excluding hydrogens is 447 g/mol. The minimum atomic E-state index is -0.110. The summed E-state index contributed by atoms with van der Waals surface area (Å²) in [6, 6.07) is 3.05. The summed E-state index contributed by atoms with van der Waals surface area (Å²) in [7, 11) is 0. The van der Waals surface area contributed by atoms with Crippen molar-refractivity contribution in [3.05, 3.63) is 56.5 Å². The highest BCUT2D eigenvalue weighted by Crippen LogP contribution is 2.30. The Labute approximate surface area is 189 Å². The van der Waals surface area contributed by atoms with Crippen LogP contribution in [-0.4, -0.2) is 30.7 Å². The van der Waals surface area contributed by atoms with Gasteiger partial charge in [-0.25, -0.2) is 4.98 Å². The molecular formula is C20H23Cl3N6O. The first-order valence-electron chi connectivity index (χ1n) is 9.78. The van der Waals surface area contributed by atoms with E-state index in [1.54, 1.807) is 10.9 Å². The predicted molar refractivity (Wildman–Crippen MR) is 119 cm³/mol. The largest absolute Gasteiger partial charge is 0.369 e. The van der Waals surface area contributed by atoms with Crippen LogP contribution in [0, 0.1) is 0 Å². The van der Waals surface area contributed by atoms with Crippen molar-refractivity contribution in [1.29, 1.82) is 0 Å². The molecule has 0 atom stereocenters. The number of aromatic amines is 1. The second-order valence-corrected chi connectivity index (χ2v) is 8.35. The Hall–Kier alpha value is -2.09. The van der Waals surface area contributed by atoms with Crippen LogP contribution in [0.2, 0.25) is 15.1 Å². The molecule has 10 heteroatoms. The maximum Gasteiger partial charge on any atom is 0.197 e. The summed E-state index contributed by atoms with van der Waals surface area (Å²) in [5, 5.41) is 9.30. The van der Waals surface area contributed by atoms with Crippen LogP contribution < -0.4 is 5.73 Å². The Morgan fingerprint density at radius 1 is 1.07 bits per heavy atom. The highest BCUT2D eigenvalue weighted by Gasteiger charge is 2.15. The molecule has 3 rings (SSSR count). The summed E-state index contributed by atoms with van der Waals surface area (Å²) in [5.74, 6) is 0.351. The van der Waals surface area contributed by atoms with Gasteiger partial charge in [0.2, 0.25) is 0 Å². The fraction of sp³-hybridized carbons (Fsp3) is 0.400. The lowest BCUT2D eigenvalue weighted by Crippen LogP contribution is -2.05. The number of nitrogen functional groups attached to an aromatic ring is 1. The first-order valence-corrected chi connectivity index (χ1v) is 10.9. The molecule has 2 heterocycles. The van der Waals surface area contributed by atoms with E-state index < -0.39 is 0 Å². The van der Waals surface area contributed by atoms with Gasteiger partial charge in [-0.2, -0.15) is 0 Å². The number of carbonyl (C=O) groups excluding carboxylic acids is 1. The molecule has 160 valence electrons. The maximum absolute atomic E-state index is 12.4. The number of H-pyrrole nitrogens is 1. The molecule has 0 amide bonds. The fourth-order valence-electron chi connectivity index (χ4n) is 3.20. The van der Waals surface area contributed by atoms with Crippen molar-refractivity contribution in [2.45, 2.75) is 51.5 Å². The van der Waals surface area contributed by atoms with Gasteiger partial charge in [-0.15, -0.1) is 5.10 Å². The molecule has 0 aliphatic heterocycles. The molecule has 2 aromatic heterocycles. The lowest BCUT2D eigenvalue weighted by Gasteiger charge is -2.07. The Morgan fingerprint density at radius 3 is 2.50 bits per heavy atom. The van der Waals surface area contributed by atoms with Crippen LogP contribution >= 0.6 is 34.8 Å². The van der Waals surface area contributed by atoms with Crippen molar-refractivity contribution in [1.82, 2.24) is 25.0 Å². The van der Waals surface area contributed by atoms with Crippen LogP contribution in [0.15, 0.2) is 24.5 Å². The normalized spacial score (nSPS) is 11.2. The summed E-state index contributed by atoms with van der Waals surface area (Å²) in [5.41, 5.74) is 7.91. The molecule has 0 saturated carbocycles. The third-order valence-electron chi connectivity index (χ3n) is 4.69. The lowest BCUT2D eigenvalue weighted by atomic mass is 10.1. The molecule has 1 aromatic carbocycles. The average molecular weight is 470 g/mol. The van der Waals surface area contributed by atoms with Crippen LogP contribution in [0.25, 0.3) is 0 Å². The number of nitrogens with zero attached hydrogens (tertiary/aromatic N) is 4. The highest BCUT2D eigenvalue weighted by molar-refractivity contribution is 6.42. The van der Waals surface area contributed by atoms with E-state index in [9.17, 15) is 4.79 Å². The highest BCUT2D eigenvalue weighted by atomic mass is 35.5. The standard InChI is InChI=1S/C20H23Cl3N6O/c21-13-9-16(22)19(17(23)10-13)18(30)7-4-8-29-12-15(27-28-29)6-3-1-2-5-14-11-25-20(24)26-14/h9-12H,1-8H2,(H3,24,25,26). The van der Waals surface area contributed by atoms with E-state index in [1.807, 2.05) is 6.20 Å². The number of benzene rings is 1. The van der Waals surface area contributed by atoms with Crippen molar-refractivity contribution in [2.75, 3.05) is 5.73 Å². The zero-order chi connectivity index (χ0) is 21.5. The summed E-state index contributed by atoms with van der Waals surface area (Å²) in [6.07, 6.45) is 9.64. The Morgan fingerprint density at radius 2 is 1.80 bits per heavy atom. The van der Waals surface area contributed by atoms with Gasteiger partial charge in [-0.3, -0.25) is 9.48 Å². The Bertz CT molecular complexity index is 977. The van der Waals surface area contributed by atoms with E-state index >= 15 is 0 Å². The van der Waals surface area contributed by atoms with Gasteiger partial charge in [-0.1, -0.05) is 46.4 Å². The third kappa shape index (κ3) is 6.45. The van der Waals surface area contributed by atoms with E-state index in [1.165, 1.54) is 12.1 Å². The molecule has 0 aliphatic carbocycles. The van der Waals surface area contributed by atoms with Crippen molar-refractivity contribution < 1.29 is 4.79 Å². The summed E-state index contributed by atoms with van der Waals surface area (Å²) < 4.78 is 1.76. The molecule has 30 heavy (non-hydrogen) atoms. The number of halogens is 3. The molecule has 3 N–H and O–H groups in total. The minimum Gasteiger partial charge on any atom is -0.369 e. The number of rotatable bonds is 11. The molecule has 0 aliphatic rings. The number of ketones is 1. The monoisotopic (exact) mass is 468 g/mol. The van der Waals surface area contributed by atoms with Gasteiger partial charge >= 0.3 is 0 Å². The number of hydrogen-bond acceptors (Lipinski definition) is 5. The summed E-state index contributed by atoms with van der Waals surface area (Å²) in [4.78, 5) is 19.5. The third-order valence-corrected chi connectivity index (χ3v) is 5.50. The van der Waals surface area contributed by atoms with Gasteiger partial charge in [0, 0.05) is 29.9 Å². The number of carbonyl (C=O) groups is 1. The van der Waals surface area contributed by atoms with Crippen LogP contribution in [0.1, 0.15) is 53.8 Å². The first kappa shape index (κ1) is 22.6. The molecule has 0 spiro atoms. The number of Topliss-reactive ketones (excluding diaryl/α,β-unsaturated/α-hetero) is 1. The van der Waals surface area contributed by atoms with Crippen molar-refractivity contribution >= 4 is 46.5 Å². The van der Waals surface area contributed by atoms with Gasteiger partial charge in [0.15, 0.2) is 11.7 Å². The Kier molecular flexibility index (Phi) is 8.13. The molecule has 3 aromatic rings. The van der Waals surface area contributed by atoms with Crippen molar-refractivity contribution in [2.24, 2.45) is 0 Å². The average Bonchev–Trinajstić information content (AvgIpc) is 3.29. The van der Waals surface area contributed by atoms with Gasteiger partial charge in [0.25, 0.3) is 0 Å². The lowest BCUT2D eigenvalue weighted by molar-refractivity contribution is 0.0978. The topological polar surface area (TPSA) is 102 Å². The van der Waals surface area contributed by atoms with Gasteiger partial charge < -0.3 is 10.7 Å². The second-order valence-electron chi connectivity index (χ2n) is 7.10. The van der Waals surface area contributed by atoms with Crippen LogP contribution in [0.5, 0.6) is 0 Å². The van der Waals surface area contributed by atoms with Crippen molar-refractivity contribution in [3.63, 3.8) is 0 Å². The molecule has 0 saturated heterocycles. The smallest absolute Gasteiger partial charge is 0.197 e. The second kappa shape index (κ2) is 10.8. The van der Waals surface area contributed by atoms with Gasteiger partial charge in [0.1, 0.15) is 0 Å². The van der Waals surface area contributed by atoms with Gasteiger partial charge in [0.05, 0.1) is 27.5 Å². The van der Waals surface area contributed by atoms with Crippen LogP contribution in [0.4, 0.5) is 5.95 Å². The first-order chi connectivity index (χ1) is 14.4. The zero-order valence-electron chi connectivity index (χ0n) is 16.4. The zero-order valence-corrected chi connectivity index (χ0v) is 18.6. The summed E-state index contributed by atoms with van der Waals surface area (Å²) >= 11 is 18.1. The maximum atomic E-state index is 12.4. The molecule has 0 bridgehead atoms. The minimum absolute atomic E-state index is 0.110. The number of nitrogens with one attached hydrogen (secondary N) is 1.